The SMILES string of the molecule is C/C=C1\C2C=C(C)CC1(/N=C/c1ccccc1)c1ccc(OC(=O)Oc3ccc(C(C)(C)C)cc3)nc1C2. The van der Waals surface area contributed by atoms with E-state index in [0.29, 0.717) is 5.75 Å². The van der Waals surface area contributed by atoms with Gasteiger partial charge in [-0.1, -0.05) is 81.0 Å². The number of nitrogens with zero attached hydrogens (tertiary/aromatic N) is 2. The topological polar surface area (TPSA) is 60.8 Å². The lowest BCUT2D eigenvalue weighted by molar-refractivity contribution is 0.149. The lowest BCUT2D eigenvalue weighted by atomic mass is 9.63. The second-order valence-corrected chi connectivity index (χ2v) is 11.1. The van der Waals surface area contributed by atoms with Crippen LogP contribution in [0.1, 0.15) is 63.4 Å². The molecular weight excluding hydrogens is 472 g/mol. The average molecular weight is 507 g/mol. The molecule has 194 valence electrons. The molecule has 0 fully saturated rings. The Bertz CT molecular complexity index is 1430. The second-order valence-electron chi connectivity index (χ2n) is 11.1. The summed E-state index contributed by atoms with van der Waals surface area (Å²) in [5.41, 5.74) is 6.27. The standard InChI is InChI=1S/C33H34N2O3/c1-6-27-24-18-22(2)20-33(27,34-21-23-10-8-7-9-11-23)28-16-17-30(35-29(28)19-24)38-31(36)37-26-14-12-25(13-15-26)32(3,4)5/h6-18,21,24H,19-20H2,1-5H3/b27-6+,34-21+. The molecule has 1 heterocycles. The van der Waals surface area contributed by atoms with Crippen LogP contribution in [0.25, 0.3) is 0 Å². The van der Waals surface area contributed by atoms with Gasteiger partial charge in [-0.15, -0.1) is 0 Å². The van der Waals surface area contributed by atoms with Gasteiger partial charge in [-0.2, -0.15) is 0 Å². The summed E-state index contributed by atoms with van der Waals surface area (Å²) in [4.78, 5) is 22.5. The number of hydrogen-bond acceptors (Lipinski definition) is 5. The first-order valence-corrected chi connectivity index (χ1v) is 13.1. The van der Waals surface area contributed by atoms with Crippen molar-refractivity contribution in [1.82, 2.24) is 4.98 Å². The molecule has 5 heteroatoms. The predicted molar refractivity (Wildman–Crippen MR) is 151 cm³/mol. The molecule has 3 aromatic rings. The van der Waals surface area contributed by atoms with Crippen molar-refractivity contribution >= 4 is 12.4 Å². The van der Waals surface area contributed by atoms with Crippen molar-refractivity contribution in [2.45, 2.75) is 58.4 Å². The number of aromatic nitrogens is 1. The monoisotopic (exact) mass is 506 g/mol. The molecule has 1 aromatic heterocycles. The van der Waals surface area contributed by atoms with Crippen LogP contribution in [0.15, 0.2) is 95.0 Å². The van der Waals surface area contributed by atoms with Crippen LogP contribution >= 0.6 is 0 Å². The fourth-order valence-corrected chi connectivity index (χ4v) is 5.59. The molecule has 5 nitrogen and oxygen atoms in total. The number of pyridine rings is 1. The first-order valence-electron chi connectivity index (χ1n) is 13.1. The minimum absolute atomic E-state index is 0.0213. The third kappa shape index (κ3) is 5.06. The summed E-state index contributed by atoms with van der Waals surface area (Å²) in [6, 6.07) is 21.4. The van der Waals surface area contributed by atoms with Gasteiger partial charge < -0.3 is 9.47 Å². The highest BCUT2D eigenvalue weighted by Crippen LogP contribution is 2.52. The molecule has 2 bridgehead atoms. The molecular formula is C33H34N2O3. The molecule has 2 aliphatic rings. The largest absolute Gasteiger partial charge is 0.520 e. The molecule has 38 heavy (non-hydrogen) atoms. The van der Waals surface area contributed by atoms with Gasteiger partial charge in [-0.3, -0.25) is 4.99 Å². The van der Waals surface area contributed by atoms with Crippen LogP contribution in [-0.4, -0.2) is 17.4 Å². The van der Waals surface area contributed by atoms with Crippen molar-refractivity contribution in [2.24, 2.45) is 10.9 Å². The maximum atomic E-state index is 12.6. The number of allylic oxidation sites excluding steroid dienone is 2. The highest BCUT2D eigenvalue weighted by molar-refractivity contribution is 5.80. The summed E-state index contributed by atoms with van der Waals surface area (Å²) in [6.45, 7) is 10.7. The maximum absolute atomic E-state index is 12.6. The fraction of sp³-hybridized carbons (Fsp3) is 0.303. The summed E-state index contributed by atoms with van der Waals surface area (Å²) in [5, 5.41) is 0. The third-order valence-electron chi connectivity index (χ3n) is 7.36. The molecule has 0 radical (unpaired) electrons. The number of fused-ring (bicyclic) bond motifs is 4. The summed E-state index contributed by atoms with van der Waals surface area (Å²) in [7, 11) is 0. The molecule has 2 unspecified atom stereocenters. The van der Waals surface area contributed by atoms with Crippen LogP contribution in [0.2, 0.25) is 0 Å². The molecule has 0 spiro atoms. The van der Waals surface area contributed by atoms with Gasteiger partial charge >= 0.3 is 6.16 Å². The number of hydrogen-bond donors (Lipinski definition) is 0. The van der Waals surface area contributed by atoms with E-state index in [2.05, 4.69) is 58.9 Å². The Balaban J connectivity index is 1.41. The Morgan fingerprint density at radius 2 is 1.76 bits per heavy atom. The Morgan fingerprint density at radius 1 is 1.03 bits per heavy atom. The van der Waals surface area contributed by atoms with E-state index < -0.39 is 11.7 Å². The van der Waals surface area contributed by atoms with Gasteiger partial charge in [-0.25, -0.2) is 9.78 Å². The van der Waals surface area contributed by atoms with Crippen molar-refractivity contribution in [3.63, 3.8) is 0 Å². The number of carbonyl (C=O) groups is 1. The minimum atomic E-state index is -0.807. The Kier molecular flexibility index (Phi) is 6.78. The van der Waals surface area contributed by atoms with Crippen molar-refractivity contribution in [1.29, 1.82) is 0 Å². The van der Waals surface area contributed by atoms with Crippen LogP contribution in [0, 0.1) is 5.92 Å². The van der Waals surface area contributed by atoms with E-state index in [1.54, 1.807) is 18.2 Å². The van der Waals surface area contributed by atoms with Gasteiger partial charge in [0.15, 0.2) is 0 Å². The van der Waals surface area contributed by atoms with Gasteiger partial charge in [0.05, 0.1) is 5.69 Å². The highest BCUT2D eigenvalue weighted by Gasteiger charge is 2.46. The minimum Gasteiger partial charge on any atom is -0.395 e. The van der Waals surface area contributed by atoms with E-state index in [9.17, 15) is 4.79 Å². The van der Waals surface area contributed by atoms with E-state index in [1.807, 2.05) is 42.6 Å². The fourth-order valence-electron chi connectivity index (χ4n) is 5.59. The Morgan fingerprint density at radius 3 is 2.45 bits per heavy atom. The number of rotatable bonds is 4. The van der Waals surface area contributed by atoms with Gasteiger partial charge in [-0.05, 0) is 54.2 Å². The quantitative estimate of drug-likeness (QED) is 0.157. The maximum Gasteiger partial charge on any atom is 0.520 e. The number of benzene rings is 2. The molecule has 0 saturated carbocycles. The van der Waals surface area contributed by atoms with E-state index >= 15 is 0 Å². The number of ether oxygens (including phenoxy) is 2. The number of carbonyl (C=O) groups excluding carboxylic acids is 1. The summed E-state index contributed by atoms with van der Waals surface area (Å²) < 4.78 is 10.9. The predicted octanol–water partition coefficient (Wildman–Crippen LogP) is 7.74. The van der Waals surface area contributed by atoms with E-state index in [4.69, 9.17) is 19.5 Å². The van der Waals surface area contributed by atoms with Crippen molar-refractivity contribution in [3.8, 4) is 11.6 Å². The molecule has 0 N–H and O–H groups in total. The zero-order valence-corrected chi connectivity index (χ0v) is 22.7. The van der Waals surface area contributed by atoms with Gasteiger partial charge in [0, 0.05) is 36.6 Å². The summed E-state index contributed by atoms with van der Waals surface area (Å²) in [6.07, 6.45) is 7.19. The van der Waals surface area contributed by atoms with Crippen LogP contribution in [0.4, 0.5) is 4.79 Å². The highest BCUT2D eigenvalue weighted by atomic mass is 16.7. The van der Waals surface area contributed by atoms with Gasteiger partial charge in [0.2, 0.25) is 5.88 Å². The van der Waals surface area contributed by atoms with Crippen molar-refractivity contribution in [2.75, 3.05) is 0 Å². The first-order chi connectivity index (χ1) is 18.2. The average Bonchev–Trinajstić information content (AvgIpc) is 2.87. The first kappa shape index (κ1) is 25.7. The molecule has 2 aromatic carbocycles. The van der Waals surface area contributed by atoms with Crippen LogP contribution in [0.3, 0.4) is 0 Å². The van der Waals surface area contributed by atoms with E-state index in [-0.39, 0.29) is 17.2 Å². The normalized spacial score (nSPS) is 21.7. The molecule has 0 saturated heterocycles. The van der Waals surface area contributed by atoms with Crippen molar-refractivity contribution in [3.05, 3.63) is 112 Å². The molecule has 5 rings (SSSR count). The number of aliphatic imine (C=N–C) groups is 1. The summed E-state index contributed by atoms with van der Waals surface area (Å²) in [5.74, 6) is 0.859. The van der Waals surface area contributed by atoms with Crippen molar-refractivity contribution < 1.29 is 14.3 Å². The zero-order chi connectivity index (χ0) is 26.9. The Labute approximate surface area is 224 Å². The lowest BCUT2D eigenvalue weighted by Gasteiger charge is -2.45. The molecule has 2 atom stereocenters. The van der Waals surface area contributed by atoms with E-state index in [0.717, 1.165) is 35.2 Å². The van der Waals surface area contributed by atoms with Gasteiger partial charge in [0.25, 0.3) is 0 Å². The van der Waals surface area contributed by atoms with E-state index in [1.165, 1.54) is 11.1 Å². The Hall–Kier alpha value is -3.99. The third-order valence-corrected chi connectivity index (χ3v) is 7.36. The molecule has 2 aliphatic carbocycles. The van der Waals surface area contributed by atoms with Crippen LogP contribution < -0.4 is 9.47 Å². The van der Waals surface area contributed by atoms with Gasteiger partial charge in [0.1, 0.15) is 11.3 Å². The lowest BCUT2D eigenvalue weighted by Crippen LogP contribution is -2.40. The zero-order valence-electron chi connectivity index (χ0n) is 22.7. The molecule has 0 amide bonds. The van der Waals surface area contributed by atoms with Crippen LogP contribution in [0.5, 0.6) is 11.6 Å². The van der Waals surface area contributed by atoms with Crippen LogP contribution in [-0.2, 0) is 17.4 Å². The molecule has 0 aliphatic heterocycles. The smallest absolute Gasteiger partial charge is 0.395 e. The summed E-state index contributed by atoms with van der Waals surface area (Å²) >= 11 is 0. The second kappa shape index (κ2) is 10.1.